The summed E-state index contributed by atoms with van der Waals surface area (Å²) >= 11 is 1.34. The van der Waals surface area contributed by atoms with Crippen LogP contribution in [-0.4, -0.2) is 19.9 Å². The maximum Gasteiger partial charge on any atom is 0.258 e. The summed E-state index contributed by atoms with van der Waals surface area (Å²) in [5.74, 6) is 0.554. The van der Waals surface area contributed by atoms with Gasteiger partial charge in [0.15, 0.2) is 5.16 Å². The van der Waals surface area contributed by atoms with Gasteiger partial charge in [0, 0.05) is 11.8 Å². The maximum atomic E-state index is 12.1. The quantitative estimate of drug-likeness (QED) is 0.571. The summed E-state index contributed by atoms with van der Waals surface area (Å²) < 4.78 is 0. The van der Waals surface area contributed by atoms with Gasteiger partial charge in [0.2, 0.25) is 0 Å². The smallest absolute Gasteiger partial charge is 0.258 e. The lowest BCUT2D eigenvalue weighted by molar-refractivity contribution is 0.876. The third kappa shape index (κ3) is 2.94. The van der Waals surface area contributed by atoms with Crippen LogP contribution in [0.4, 0.5) is 0 Å². The zero-order valence-corrected chi connectivity index (χ0v) is 12.9. The Bertz CT molecular complexity index is 948. The second-order valence-electron chi connectivity index (χ2n) is 4.92. The predicted molar refractivity (Wildman–Crippen MR) is 86.2 cm³/mol. The Morgan fingerprint density at radius 1 is 1.14 bits per heavy atom. The minimum absolute atomic E-state index is 0.151. The molecule has 3 rings (SSSR count). The third-order valence-electron chi connectivity index (χ3n) is 3.15. The van der Waals surface area contributed by atoms with Crippen LogP contribution in [0.25, 0.3) is 10.9 Å². The first-order valence-corrected chi connectivity index (χ1v) is 7.64. The largest absolute Gasteiger partial charge is 0.309 e. The van der Waals surface area contributed by atoms with Crippen molar-refractivity contribution in [2.75, 3.05) is 0 Å². The summed E-state index contributed by atoms with van der Waals surface area (Å²) in [6.45, 7) is 3.67. The molecule has 0 unspecified atom stereocenters. The fourth-order valence-electron chi connectivity index (χ4n) is 2.13. The molecule has 7 heteroatoms. The van der Waals surface area contributed by atoms with E-state index < -0.39 is 0 Å². The number of para-hydroxylation sites is 1. The lowest BCUT2D eigenvalue weighted by Crippen LogP contribution is -2.13. The highest BCUT2D eigenvalue weighted by Crippen LogP contribution is 2.30. The molecule has 0 aliphatic heterocycles. The SMILES string of the molecule is Cc1cc(=O)[nH]c(S[C@@H](C)c2nc3ccccc3c(=O)[nH]2)n1. The number of benzene rings is 1. The van der Waals surface area contributed by atoms with Gasteiger partial charge in [-0.15, -0.1) is 0 Å². The summed E-state index contributed by atoms with van der Waals surface area (Å²) in [5, 5.41) is 0.918. The Labute approximate surface area is 130 Å². The van der Waals surface area contributed by atoms with E-state index in [1.54, 1.807) is 25.1 Å². The molecule has 0 spiro atoms. The van der Waals surface area contributed by atoms with Gasteiger partial charge in [0.25, 0.3) is 11.1 Å². The van der Waals surface area contributed by atoms with Gasteiger partial charge in [-0.25, -0.2) is 9.97 Å². The number of hydrogen-bond donors (Lipinski definition) is 2. The van der Waals surface area contributed by atoms with Crippen LogP contribution < -0.4 is 11.1 Å². The summed E-state index contributed by atoms with van der Waals surface area (Å²) in [7, 11) is 0. The van der Waals surface area contributed by atoms with E-state index in [4.69, 9.17) is 0 Å². The van der Waals surface area contributed by atoms with Crippen LogP contribution in [0.5, 0.6) is 0 Å². The molecule has 0 fully saturated rings. The summed E-state index contributed by atoms with van der Waals surface area (Å²) in [4.78, 5) is 37.8. The standard InChI is InChI=1S/C15H14N4O2S/c1-8-7-12(20)18-15(16-8)22-9(2)13-17-11-6-4-3-5-10(11)14(21)19-13/h3-7,9H,1-2H3,(H,16,18,20)(H,17,19,21)/t9-/m0/s1. The first-order chi connectivity index (χ1) is 10.5. The first kappa shape index (κ1) is 14.5. The number of aryl methyl sites for hydroxylation is 1. The van der Waals surface area contributed by atoms with Gasteiger partial charge in [-0.05, 0) is 26.0 Å². The molecule has 0 saturated carbocycles. The molecule has 0 saturated heterocycles. The molecule has 3 aromatic rings. The van der Waals surface area contributed by atoms with Crippen LogP contribution in [0.3, 0.4) is 0 Å². The van der Waals surface area contributed by atoms with E-state index in [-0.39, 0.29) is 16.4 Å². The first-order valence-electron chi connectivity index (χ1n) is 6.76. The van der Waals surface area contributed by atoms with E-state index >= 15 is 0 Å². The highest BCUT2D eigenvalue weighted by atomic mass is 32.2. The molecule has 0 aliphatic carbocycles. The minimum atomic E-state index is -0.192. The molecule has 2 heterocycles. The third-order valence-corrected chi connectivity index (χ3v) is 4.15. The average molecular weight is 314 g/mol. The zero-order chi connectivity index (χ0) is 15.7. The van der Waals surface area contributed by atoms with E-state index in [0.717, 1.165) is 0 Å². The second-order valence-corrected chi connectivity index (χ2v) is 6.25. The van der Waals surface area contributed by atoms with E-state index in [0.29, 0.717) is 27.6 Å². The van der Waals surface area contributed by atoms with Crippen molar-refractivity contribution >= 4 is 22.7 Å². The van der Waals surface area contributed by atoms with Crippen LogP contribution in [0, 0.1) is 6.92 Å². The number of rotatable bonds is 3. The number of aromatic amines is 2. The molecule has 0 bridgehead atoms. The molecule has 0 amide bonds. The molecule has 0 aliphatic rings. The lowest BCUT2D eigenvalue weighted by Gasteiger charge is -2.10. The predicted octanol–water partition coefficient (Wildman–Crippen LogP) is 2.17. The van der Waals surface area contributed by atoms with Gasteiger partial charge in [-0.3, -0.25) is 9.59 Å². The Kier molecular flexibility index (Phi) is 3.81. The molecule has 112 valence electrons. The van der Waals surface area contributed by atoms with Crippen molar-refractivity contribution in [3.8, 4) is 0 Å². The fraction of sp³-hybridized carbons (Fsp3) is 0.200. The topological polar surface area (TPSA) is 91.5 Å². The number of nitrogens with zero attached hydrogens (tertiary/aromatic N) is 2. The Morgan fingerprint density at radius 2 is 1.91 bits per heavy atom. The number of hydrogen-bond acceptors (Lipinski definition) is 5. The van der Waals surface area contributed by atoms with Crippen molar-refractivity contribution in [3.63, 3.8) is 0 Å². The van der Waals surface area contributed by atoms with Gasteiger partial charge in [-0.2, -0.15) is 0 Å². The fourth-order valence-corrected chi connectivity index (χ4v) is 3.04. The van der Waals surface area contributed by atoms with Crippen molar-refractivity contribution in [2.45, 2.75) is 24.3 Å². The normalized spacial score (nSPS) is 12.5. The van der Waals surface area contributed by atoms with Crippen LogP contribution in [-0.2, 0) is 0 Å². The van der Waals surface area contributed by atoms with Gasteiger partial charge >= 0.3 is 0 Å². The molecule has 0 radical (unpaired) electrons. The number of nitrogens with one attached hydrogen (secondary N) is 2. The summed E-state index contributed by atoms with van der Waals surface area (Å²) in [5.41, 5.74) is 0.943. The molecule has 2 N–H and O–H groups in total. The van der Waals surface area contributed by atoms with Crippen molar-refractivity contribution in [1.82, 2.24) is 19.9 Å². The highest BCUT2D eigenvalue weighted by molar-refractivity contribution is 7.99. The van der Waals surface area contributed by atoms with E-state index in [1.165, 1.54) is 17.8 Å². The lowest BCUT2D eigenvalue weighted by atomic mass is 10.2. The molecular formula is C15H14N4O2S. The van der Waals surface area contributed by atoms with Gasteiger partial charge in [0.05, 0.1) is 16.2 Å². The summed E-state index contributed by atoms with van der Waals surface area (Å²) in [6, 6.07) is 8.62. The molecule has 1 atom stereocenters. The van der Waals surface area contributed by atoms with Crippen molar-refractivity contribution in [3.05, 3.63) is 62.6 Å². The van der Waals surface area contributed by atoms with Crippen molar-refractivity contribution < 1.29 is 0 Å². The van der Waals surface area contributed by atoms with Gasteiger partial charge < -0.3 is 9.97 Å². The van der Waals surface area contributed by atoms with Crippen LogP contribution in [0.2, 0.25) is 0 Å². The van der Waals surface area contributed by atoms with E-state index in [2.05, 4.69) is 19.9 Å². The van der Waals surface area contributed by atoms with Crippen LogP contribution in [0.15, 0.2) is 45.1 Å². The highest BCUT2D eigenvalue weighted by Gasteiger charge is 2.13. The Balaban J connectivity index is 1.96. The van der Waals surface area contributed by atoms with Crippen LogP contribution in [0.1, 0.15) is 23.7 Å². The number of thioether (sulfide) groups is 1. The monoisotopic (exact) mass is 314 g/mol. The Hall–Kier alpha value is -2.41. The van der Waals surface area contributed by atoms with Gasteiger partial charge in [-0.1, -0.05) is 23.9 Å². The summed E-state index contributed by atoms with van der Waals surface area (Å²) in [6.07, 6.45) is 0. The van der Waals surface area contributed by atoms with E-state index in [1.807, 2.05) is 13.0 Å². The maximum absolute atomic E-state index is 12.1. The number of fused-ring (bicyclic) bond motifs is 1. The number of H-pyrrole nitrogens is 2. The molecule has 22 heavy (non-hydrogen) atoms. The minimum Gasteiger partial charge on any atom is -0.309 e. The molecule has 1 aromatic carbocycles. The Morgan fingerprint density at radius 3 is 2.68 bits per heavy atom. The molecular weight excluding hydrogens is 300 g/mol. The number of aromatic nitrogens is 4. The van der Waals surface area contributed by atoms with Gasteiger partial charge in [0.1, 0.15) is 5.82 Å². The molecule has 2 aromatic heterocycles. The zero-order valence-electron chi connectivity index (χ0n) is 12.1. The van der Waals surface area contributed by atoms with Crippen molar-refractivity contribution in [1.29, 1.82) is 0 Å². The molecule has 6 nitrogen and oxygen atoms in total. The van der Waals surface area contributed by atoms with Crippen LogP contribution >= 0.6 is 11.8 Å². The van der Waals surface area contributed by atoms with Crippen molar-refractivity contribution in [2.24, 2.45) is 0 Å². The second kappa shape index (κ2) is 5.76. The average Bonchev–Trinajstić information content (AvgIpc) is 2.46. The van der Waals surface area contributed by atoms with E-state index in [9.17, 15) is 9.59 Å².